The fourth-order valence-electron chi connectivity index (χ4n) is 2.03. The lowest BCUT2D eigenvalue weighted by molar-refractivity contribution is 0.515. The van der Waals surface area contributed by atoms with Crippen molar-refractivity contribution in [2.45, 2.75) is 26.3 Å². The minimum absolute atomic E-state index is 0.543. The molecule has 15 heavy (non-hydrogen) atoms. The monoisotopic (exact) mass is 216 g/mol. The molecule has 1 aliphatic rings. The van der Waals surface area contributed by atoms with Crippen LogP contribution in [0.4, 0.5) is 0 Å². The Balaban J connectivity index is 2.14. The van der Waals surface area contributed by atoms with Gasteiger partial charge in [-0.15, -0.1) is 0 Å². The van der Waals surface area contributed by atoms with E-state index in [2.05, 4.69) is 54.6 Å². The number of benzene rings is 1. The first-order valence-corrected chi connectivity index (χ1v) is 7.55. The van der Waals surface area contributed by atoms with Crippen molar-refractivity contribution in [2.75, 3.05) is 6.54 Å². The van der Waals surface area contributed by atoms with Gasteiger partial charge in [0.15, 0.2) is 0 Å². The summed E-state index contributed by atoms with van der Waals surface area (Å²) in [7, 11) is -0.543. The molecule has 0 spiro atoms. The van der Waals surface area contributed by atoms with Crippen molar-refractivity contribution in [1.29, 1.82) is 0 Å². The van der Waals surface area contributed by atoms with Gasteiger partial charge in [0.25, 0.3) is 0 Å². The molecule has 1 aromatic rings. The molecule has 79 valence electrons. The molecule has 0 aliphatic carbocycles. The zero-order valence-electron chi connectivity index (χ0n) is 9.53. The topological polar surface area (TPSA) is 3.24 Å². The molecule has 2 rings (SSSR count). The molecule has 0 bridgehead atoms. The van der Waals surface area contributed by atoms with Crippen LogP contribution < -0.4 is 5.19 Å². The Bertz CT molecular complexity index is 345. The van der Waals surface area contributed by atoms with Crippen molar-refractivity contribution in [3.63, 3.8) is 0 Å². The van der Waals surface area contributed by atoms with Crippen molar-refractivity contribution < 1.29 is 0 Å². The average Bonchev–Trinajstić information content (AvgIpc) is 2.29. The van der Waals surface area contributed by atoms with Gasteiger partial charge in [-0.3, -0.25) is 0 Å². The van der Waals surface area contributed by atoms with E-state index in [0.717, 1.165) is 0 Å². The van der Waals surface area contributed by atoms with Crippen molar-refractivity contribution in [3.8, 4) is 0 Å². The SMILES string of the molecule is CC1=CN([Si](C)c2ccccc2)CCC1. The Morgan fingerprint density at radius 1 is 1.20 bits per heavy atom. The van der Waals surface area contributed by atoms with E-state index in [1.165, 1.54) is 30.1 Å². The van der Waals surface area contributed by atoms with Crippen molar-refractivity contribution >= 4 is 14.1 Å². The van der Waals surface area contributed by atoms with E-state index >= 15 is 0 Å². The molecule has 1 aromatic carbocycles. The van der Waals surface area contributed by atoms with Gasteiger partial charge >= 0.3 is 0 Å². The molecule has 0 fully saturated rings. The van der Waals surface area contributed by atoms with Crippen LogP contribution in [0.25, 0.3) is 0 Å². The maximum absolute atomic E-state index is 2.55. The van der Waals surface area contributed by atoms with E-state index in [-0.39, 0.29) is 0 Å². The van der Waals surface area contributed by atoms with Crippen LogP contribution in [0.15, 0.2) is 42.1 Å². The highest BCUT2D eigenvalue weighted by molar-refractivity contribution is 6.69. The number of allylic oxidation sites excluding steroid dienone is 1. The molecule has 0 atom stereocenters. The lowest BCUT2D eigenvalue weighted by Gasteiger charge is -2.30. The summed E-state index contributed by atoms with van der Waals surface area (Å²) in [6.45, 7) is 5.86. The Kier molecular flexibility index (Phi) is 3.26. The van der Waals surface area contributed by atoms with E-state index in [1.807, 2.05) is 0 Å². The summed E-state index contributed by atoms with van der Waals surface area (Å²) in [4.78, 5) is 0. The summed E-state index contributed by atoms with van der Waals surface area (Å²) in [6.07, 6.45) is 4.96. The lowest BCUT2D eigenvalue weighted by atomic mass is 10.1. The Morgan fingerprint density at radius 2 is 1.93 bits per heavy atom. The summed E-state index contributed by atoms with van der Waals surface area (Å²) >= 11 is 0. The quantitative estimate of drug-likeness (QED) is 0.687. The number of rotatable bonds is 2. The molecule has 0 saturated heterocycles. The third-order valence-corrected chi connectivity index (χ3v) is 5.35. The molecular formula is C13H18NSi. The second-order valence-corrected chi connectivity index (χ2v) is 6.55. The van der Waals surface area contributed by atoms with Crippen LogP contribution in [-0.2, 0) is 0 Å². The number of hydrogen-bond acceptors (Lipinski definition) is 1. The predicted octanol–water partition coefficient (Wildman–Crippen LogP) is 2.51. The van der Waals surface area contributed by atoms with E-state index in [9.17, 15) is 0 Å². The van der Waals surface area contributed by atoms with Gasteiger partial charge in [-0.1, -0.05) is 35.9 Å². The standard InChI is InChI=1S/C13H18NSi/c1-12-7-6-10-14(11-12)15(2)13-8-4-3-5-9-13/h3-5,8-9,11H,6-7,10H2,1-2H3. The van der Waals surface area contributed by atoms with Crippen LogP contribution in [0.3, 0.4) is 0 Å². The second-order valence-electron chi connectivity index (χ2n) is 4.22. The minimum Gasteiger partial charge on any atom is -0.400 e. The van der Waals surface area contributed by atoms with Gasteiger partial charge in [-0.05, 0) is 37.7 Å². The van der Waals surface area contributed by atoms with E-state index in [0.29, 0.717) is 0 Å². The van der Waals surface area contributed by atoms with Gasteiger partial charge in [0.1, 0.15) is 0 Å². The molecule has 2 heteroatoms. The van der Waals surface area contributed by atoms with E-state index in [4.69, 9.17) is 0 Å². The summed E-state index contributed by atoms with van der Waals surface area (Å²) in [5, 5.41) is 1.51. The first kappa shape index (κ1) is 10.5. The Hall–Kier alpha value is -1.02. The average molecular weight is 216 g/mol. The van der Waals surface area contributed by atoms with Crippen LogP contribution in [0.2, 0.25) is 6.55 Å². The van der Waals surface area contributed by atoms with Gasteiger partial charge in [-0.25, -0.2) is 0 Å². The van der Waals surface area contributed by atoms with E-state index in [1.54, 1.807) is 0 Å². The molecule has 0 amide bonds. The third-order valence-electron chi connectivity index (χ3n) is 2.97. The summed E-state index contributed by atoms with van der Waals surface area (Å²) in [5.41, 5.74) is 1.53. The zero-order chi connectivity index (χ0) is 10.7. The Labute approximate surface area is 94.1 Å². The van der Waals surface area contributed by atoms with Crippen LogP contribution in [0, 0.1) is 0 Å². The van der Waals surface area contributed by atoms with Gasteiger partial charge < -0.3 is 4.57 Å². The minimum atomic E-state index is -0.543. The zero-order valence-corrected chi connectivity index (χ0v) is 10.5. The van der Waals surface area contributed by atoms with Crippen LogP contribution in [-0.4, -0.2) is 20.1 Å². The molecule has 1 radical (unpaired) electrons. The lowest BCUT2D eigenvalue weighted by Crippen LogP contribution is -2.44. The highest BCUT2D eigenvalue weighted by Gasteiger charge is 2.17. The molecule has 0 N–H and O–H groups in total. The van der Waals surface area contributed by atoms with Crippen LogP contribution in [0.5, 0.6) is 0 Å². The molecular weight excluding hydrogens is 198 g/mol. The Morgan fingerprint density at radius 3 is 2.60 bits per heavy atom. The summed E-state index contributed by atoms with van der Waals surface area (Å²) < 4.78 is 2.55. The molecule has 1 heterocycles. The smallest absolute Gasteiger partial charge is 0.201 e. The van der Waals surface area contributed by atoms with E-state index < -0.39 is 8.96 Å². The van der Waals surface area contributed by atoms with Gasteiger partial charge in [-0.2, -0.15) is 0 Å². The maximum Gasteiger partial charge on any atom is 0.201 e. The van der Waals surface area contributed by atoms with Crippen LogP contribution >= 0.6 is 0 Å². The summed E-state index contributed by atoms with van der Waals surface area (Å²) in [6, 6.07) is 10.9. The normalized spacial score (nSPS) is 16.7. The van der Waals surface area contributed by atoms with Crippen LogP contribution in [0.1, 0.15) is 19.8 Å². The fourth-order valence-corrected chi connectivity index (χ4v) is 3.95. The first-order valence-electron chi connectivity index (χ1n) is 5.60. The van der Waals surface area contributed by atoms with Crippen molar-refractivity contribution in [2.24, 2.45) is 0 Å². The fraction of sp³-hybridized carbons (Fsp3) is 0.385. The molecule has 1 aliphatic heterocycles. The van der Waals surface area contributed by atoms with Crippen molar-refractivity contribution in [1.82, 2.24) is 4.57 Å². The maximum atomic E-state index is 2.55. The molecule has 1 nitrogen and oxygen atoms in total. The second kappa shape index (κ2) is 4.66. The largest absolute Gasteiger partial charge is 0.400 e. The summed E-state index contributed by atoms with van der Waals surface area (Å²) in [5.74, 6) is 0. The van der Waals surface area contributed by atoms with Gasteiger partial charge in [0.05, 0.1) is 0 Å². The number of nitrogens with zero attached hydrogens (tertiary/aromatic N) is 1. The first-order chi connectivity index (χ1) is 7.27. The van der Waals surface area contributed by atoms with Gasteiger partial charge in [0, 0.05) is 6.54 Å². The van der Waals surface area contributed by atoms with Gasteiger partial charge in [0.2, 0.25) is 8.96 Å². The predicted molar refractivity (Wildman–Crippen MR) is 67.4 cm³/mol. The highest BCUT2D eigenvalue weighted by atomic mass is 28.3. The third kappa shape index (κ3) is 2.51. The molecule has 0 saturated carbocycles. The molecule has 0 unspecified atom stereocenters. The highest BCUT2D eigenvalue weighted by Crippen LogP contribution is 2.14. The molecule has 0 aromatic heterocycles. The van der Waals surface area contributed by atoms with Crippen molar-refractivity contribution in [3.05, 3.63) is 42.1 Å². The number of hydrogen-bond donors (Lipinski definition) is 0.